The Bertz CT molecular complexity index is 79.3. The molecule has 0 bridgehead atoms. The molecule has 2 nitrogen and oxygen atoms in total. The molecule has 0 aliphatic carbocycles. The van der Waals surface area contributed by atoms with Gasteiger partial charge in [-0.25, -0.2) is 0 Å². The quantitative estimate of drug-likeness (QED) is 0.601. The van der Waals surface area contributed by atoms with Crippen molar-refractivity contribution >= 4 is 0 Å². The summed E-state index contributed by atoms with van der Waals surface area (Å²) in [5.74, 6) is 0. The van der Waals surface area contributed by atoms with Gasteiger partial charge in [-0.3, -0.25) is 0 Å². The van der Waals surface area contributed by atoms with Crippen LogP contribution in [0.15, 0.2) is 0 Å². The van der Waals surface area contributed by atoms with E-state index in [9.17, 15) is 0 Å². The van der Waals surface area contributed by atoms with E-state index in [2.05, 4.69) is 38.3 Å². The Morgan fingerprint density at radius 1 is 1.10 bits per heavy atom. The smallest absolute Gasteiger partial charge is 0.0249 e. The van der Waals surface area contributed by atoms with E-state index in [-0.39, 0.29) is 5.54 Å². The van der Waals surface area contributed by atoms with Crippen LogP contribution >= 0.6 is 0 Å². The summed E-state index contributed by atoms with van der Waals surface area (Å²) in [5.41, 5.74) is 0.241. The van der Waals surface area contributed by atoms with Crippen molar-refractivity contribution in [2.24, 2.45) is 0 Å². The average molecular weight is 144 g/mol. The van der Waals surface area contributed by atoms with Crippen molar-refractivity contribution in [3.63, 3.8) is 0 Å². The standard InChI is InChI=1S/C8H20N2/c1-5-9-7-8(3,4)10-6-2/h9-10H,5-7H2,1-4H3. The molecule has 0 aromatic carbocycles. The van der Waals surface area contributed by atoms with Gasteiger partial charge in [0, 0.05) is 12.1 Å². The average Bonchev–Trinajstić information content (AvgIpc) is 1.84. The first-order valence-electron chi connectivity index (χ1n) is 4.08. The van der Waals surface area contributed by atoms with Crippen molar-refractivity contribution in [3.05, 3.63) is 0 Å². The third-order valence-corrected chi connectivity index (χ3v) is 1.47. The number of hydrogen-bond acceptors (Lipinski definition) is 2. The Balaban J connectivity index is 3.42. The molecule has 10 heavy (non-hydrogen) atoms. The monoisotopic (exact) mass is 144 g/mol. The third-order valence-electron chi connectivity index (χ3n) is 1.47. The maximum Gasteiger partial charge on any atom is 0.0249 e. The summed E-state index contributed by atoms with van der Waals surface area (Å²) in [4.78, 5) is 0. The minimum atomic E-state index is 0.241. The highest BCUT2D eigenvalue weighted by molar-refractivity contribution is 4.78. The summed E-state index contributed by atoms with van der Waals surface area (Å²) in [5, 5.41) is 6.70. The van der Waals surface area contributed by atoms with E-state index >= 15 is 0 Å². The maximum absolute atomic E-state index is 3.39. The molecule has 0 saturated carbocycles. The summed E-state index contributed by atoms with van der Waals surface area (Å²) in [6.07, 6.45) is 0. The molecule has 0 heterocycles. The Morgan fingerprint density at radius 2 is 1.70 bits per heavy atom. The zero-order chi connectivity index (χ0) is 8.04. The highest BCUT2D eigenvalue weighted by Gasteiger charge is 2.13. The van der Waals surface area contributed by atoms with Crippen molar-refractivity contribution in [2.45, 2.75) is 33.2 Å². The van der Waals surface area contributed by atoms with E-state index in [0.29, 0.717) is 0 Å². The third kappa shape index (κ3) is 4.77. The van der Waals surface area contributed by atoms with Crippen LogP contribution in [0, 0.1) is 0 Å². The number of rotatable bonds is 5. The molecule has 0 aromatic heterocycles. The molecule has 0 saturated heterocycles. The Labute approximate surface area is 64.4 Å². The van der Waals surface area contributed by atoms with Gasteiger partial charge in [0.1, 0.15) is 0 Å². The van der Waals surface area contributed by atoms with Gasteiger partial charge in [0.2, 0.25) is 0 Å². The lowest BCUT2D eigenvalue weighted by atomic mass is 10.1. The second-order valence-corrected chi connectivity index (χ2v) is 3.19. The molecule has 62 valence electrons. The van der Waals surface area contributed by atoms with Crippen LogP contribution in [0.4, 0.5) is 0 Å². The molecule has 0 radical (unpaired) electrons. The van der Waals surface area contributed by atoms with Gasteiger partial charge in [-0.15, -0.1) is 0 Å². The fourth-order valence-electron chi connectivity index (χ4n) is 0.979. The van der Waals surface area contributed by atoms with Crippen LogP contribution in [0.1, 0.15) is 27.7 Å². The van der Waals surface area contributed by atoms with Gasteiger partial charge >= 0.3 is 0 Å². The first-order chi connectivity index (χ1) is 4.62. The lowest BCUT2D eigenvalue weighted by Gasteiger charge is -2.25. The first-order valence-corrected chi connectivity index (χ1v) is 4.08. The first kappa shape index (κ1) is 9.92. The molecule has 0 fully saturated rings. The molecular formula is C8H20N2. The fraction of sp³-hybridized carbons (Fsp3) is 1.00. The Morgan fingerprint density at radius 3 is 2.10 bits per heavy atom. The van der Waals surface area contributed by atoms with Gasteiger partial charge in [0.25, 0.3) is 0 Å². The maximum atomic E-state index is 3.39. The zero-order valence-corrected chi connectivity index (χ0v) is 7.62. The number of nitrogens with one attached hydrogen (secondary N) is 2. The molecule has 0 atom stereocenters. The summed E-state index contributed by atoms with van der Waals surface area (Å²) >= 11 is 0. The fourth-order valence-corrected chi connectivity index (χ4v) is 0.979. The summed E-state index contributed by atoms with van der Waals surface area (Å²) in [7, 11) is 0. The SMILES string of the molecule is CCNCC(C)(C)NCC. The molecule has 0 aromatic rings. The minimum absolute atomic E-state index is 0.241. The van der Waals surface area contributed by atoms with Crippen LogP contribution in [0.5, 0.6) is 0 Å². The molecule has 0 spiro atoms. The van der Waals surface area contributed by atoms with Gasteiger partial charge in [0.05, 0.1) is 0 Å². The van der Waals surface area contributed by atoms with E-state index in [1.165, 1.54) is 0 Å². The lowest BCUT2D eigenvalue weighted by Crippen LogP contribution is -2.47. The van der Waals surface area contributed by atoms with Crippen molar-refractivity contribution in [1.29, 1.82) is 0 Å². The van der Waals surface area contributed by atoms with E-state index < -0.39 is 0 Å². The Hall–Kier alpha value is -0.0800. The van der Waals surface area contributed by atoms with Crippen LogP contribution in [-0.2, 0) is 0 Å². The van der Waals surface area contributed by atoms with Gasteiger partial charge in [-0.2, -0.15) is 0 Å². The van der Waals surface area contributed by atoms with Crippen LogP contribution in [-0.4, -0.2) is 25.2 Å². The Kier molecular flexibility index (Phi) is 4.65. The van der Waals surface area contributed by atoms with E-state index in [1.807, 2.05) is 0 Å². The molecule has 0 amide bonds. The van der Waals surface area contributed by atoms with E-state index in [1.54, 1.807) is 0 Å². The molecule has 0 aliphatic heterocycles. The summed E-state index contributed by atoms with van der Waals surface area (Å²) < 4.78 is 0. The molecule has 0 rings (SSSR count). The highest BCUT2D eigenvalue weighted by atomic mass is 15.0. The number of hydrogen-bond donors (Lipinski definition) is 2. The van der Waals surface area contributed by atoms with E-state index in [0.717, 1.165) is 19.6 Å². The van der Waals surface area contributed by atoms with Gasteiger partial charge < -0.3 is 10.6 Å². The molecule has 2 heteroatoms. The van der Waals surface area contributed by atoms with Crippen LogP contribution in [0.25, 0.3) is 0 Å². The van der Waals surface area contributed by atoms with Crippen molar-refractivity contribution in [1.82, 2.24) is 10.6 Å². The lowest BCUT2D eigenvalue weighted by molar-refractivity contribution is 0.378. The summed E-state index contributed by atoms with van der Waals surface area (Å²) in [6, 6.07) is 0. The second kappa shape index (κ2) is 4.69. The van der Waals surface area contributed by atoms with Gasteiger partial charge in [-0.05, 0) is 26.9 Å². The number of likely N-dealkylation sites (N-methyl/N-ethyl adjacent to an activating group) is 2. The van der Waals surface area contributed by atoms with Gasteiger partial charge in [-0.1, -0.05) is 13.8 Å². The topological polar surface area (TPSA) is 24.1 Å². The van der Waals surface area contributed by atoms with Crippen molar-refractivity contribution < 1.29 is 0 Å². The highest BCUT2D eigenvalue weighted by Crippen LogP contribution is 1.97. The predicted octanol–water partition coefficient (Wildman–Crippen LogP) is 0.984. The van der Waals surface area contributed by atoms with Crippen molar-refractivity contribution in [3.8, 4) is 0 Å². The predicted molar refractivity (Wildman–Crippen MR) is 46.3 cm³/mol. The zero-order valence-electron chi connectivity index (χ0n) is 7.62. The van der Waals surface area contributed by atoms with Crippen LogP contribution < -0.4 is 10.6 Å². The molecular weight excluding hydrogens is 124 g/mol. The summed E-state index contributed by atoms with van der Waals surface area (Å²) in [6.45, 7) is 11.8. The van der Waals surface area contributed by atoms with E-state index in [4.69, 9.17) is 0 Å². The van der Waals surface area contributed by atoms with Gasteiger partial charge in [0.15, 0.2) is 0 Å². The second-order valence-electron chi connectivity index (χ2n) is 3.19. The molecule has 0 aliphatic rings. The normalized spacial score (nSPS) is 12.0. The molecule has 0 unspecified atom stereocenters. The van der Waals surface area contributed by atoms with Crippen LogP contribution in [0.3, 0.4) is 0 Å². The van der Waals surface area contributed by atoms with Crippen LogP contribution in [0.2, 0.25) is 0 Å². The minimum Gasteiger partial charge on any atom is -0.315 e. The van der Waals surface area contributed by atoms with Crippen molar-refractivity contribution in [2.75, 3.05) is 19.6 Å². The largest absolute Gasteiger partial charge is 0.315 e. The molecule has 2 N–H and O–H groups in total.